The van der Waals surface area contributed by atoms with Gasteiger partial charge in [0.2, 0.25) is 0 Å². The molecule has 0 saturated heterocycles. The quantitative estimate of drug-likeness (QED) is 0.0211. The average molecular weight is 1240 g/mol. The Bertz CT molecular complexity index is 1970. The highest BCUT2D eigenvalue weighted by Crippen LogP contribution is 2.17. The van der Waals surface area contributed by atoms with E-state index in [9.17, 15) is 19.5 Å². The van der Waals surface area contributed by atoms with E-state index in [4.69, 9.17) is 18.9 Å². The molecule has 0 bridgehead atoms. The molecule has 0 aromatic rings. The van der Waals surface area contributed by atoms with Crippen LogP contribution in [0.25, 0.3) is 0 Å². The van der Waals surface area contributed by atoms with E-state index in [0.29, 0.717) is 17.4 Å². The maximum Gasteiger partial charge on any atom is 0.361 e. The molecule has 0 spiro atoms. The van der Waals surface area contributed by atoms with Crippen molar-refractivity contribution in [1.29, 1.82) is 0 Å². The molecule has 2 unspecified atom stereocenters. The van der Waals surface area contributed by atoms with Crippen LogP contribution in [0.15, 0.2) is 146 Å². The lowest BCUT2D eigenvalue weighted by molar-refractivity contribution is -0.870. The van der Waals surface area contributed by atoms with Gasteiger partial charge in [-0.25, -0.2) is 4.79 Å². The molecule has 0 fully saturated rings. The van der Waals surface area contributed by atoms with Crippen molar-refractivity contribution in [3.05, 3.63) is 146 Å². The van der Waals surface area contributed by atoms with Crippen molar-refractivity contribution in [2.45, 2.75) is 296 Å². The van der Waals surface area contributed by atoms with Crippen LogP contribution in [-0.2, 0) is 33.3 Å². The summed E-state index contributed by atoms with van der Waals surface area (Å²) in [6, 6.07) is 0. The van der Waals surface area contributed by atoms with Gasteiger partial charge in [-0.3, -0.25) is 9.59 Å². The van der Waals surface area contributed by atoms with Gasteiger partial charge in [-0.15, -0.1) is 0 Å². The fraction of sp³-hybridized carbons (Fsp3) is 0.662. The highest BCUT2D eigenvalue weighted by Gasteiger charge is 2.25. The molecule has 0 rings (SSSR count). The fourth-order valence-electron chi connectivity index (χ4n) is 9.64. The molecule has 2 atom stereocenters. The van der Waals surface area contributed by atoms with Crippen molar-refractivity contribution >= 4 is 17.9 Å². The largest absolute Gasteiger partial charge is 0.477 e. The molecule has 0 amide bonds. The van der Waals surface area contributed by atoms with E-state index in [1.165, 1.54) is 141 Å². The van der Waals surface area contributed by atoms with Crippen LogP contribution < -0.4 is 0 Å². The number of carbonyl (C=O) groups is 3. The fourth-order valence-corrected chi connectivity index (χ4v) is 9.64. The van der Waals surface area contributed by atoms with Crippen LogP contribution in [-0.4, -0.2) is 87.4 Å². The molecule has 1 N–H and O–H groups in total. The van der Waals surface area contributed by atoms with Crippen LogP contribution in [0.3, 0.4) is 0 Å². The van der Waals surface area contributed by atoms with E-state index in [1.807, 2.05) is 21.1 Å². The molecule has 9 nitrogen and oxygen atoms in total. The third-order valence-electron chi connectivity index (χ3n) is 15.1. The first-order chi connectivity index (χ1) is 43.6. The summed E-state index contributed by atoms with van der Waals surface area (Å²) >= 11 is 0. The first-order valence-corrected chi connectivity index (χ1v) is 36.0. The maximum absolute atomic E-state index is 12.9. The summed E-state index contributed by atoms with van der Waals surface area (Å²) in [6.07, 6.45) is 98.3. The standard InChI is InChI=1S/C80H133NO8/c1-6-8-10-12-14-16-18-20-22-24-26-28-30-32-33-34-35-36-37-38-39-40-41-42-43-44-45-47-49-51-53-55-57-59-61-63-65-67-69-71-78(83)89-76(75-88-80(79(84)85)86-73-72-81(3,4)5)74-87-77(82)70-68-66-64-62-60-58-56-54-52-50-48-46-31-29-27-25-23-21-19-17-15-13-11-9-7-2/h8,10,14,16,20,22,26,28,32-33,35-36,38-39,41-42,44-45,49,51,55,57,61,63,76,80H,6-7,9,11-13,15,17-19,21,23-25,27,29-31,34,37,40,43,46-48,50,52-54,56,58-60,62,64-75H2,1-5H3/p+1/b10-8-,16-14-,22-20-,28-26-,33-32-,36-35-,39-38-,42-41-,45-44-,51-49-,57-55-,63-61-. The maximum atomic E-state index is 12.9. The van der Waals surface area contributed by atoms with Crippen molar-refractivity contribution in [2.75, 3.05) is 47.5 Å². The number of ether oxygens (including phenoxy) is 4. The number of hydrogen-bond acceptors (Lipinski definition) is 7. The molecule has 506 valence electrons. The van der Waals surface area contributed by atoms with E-state index in [2.05, 4.69) is 160 Å². The zero-order valence-corrected chi connectivity index (χ0v) is 57.8. The minimum absolute atomic E-state index is 0.173. The number of nitrogens with zero attached hydrogens (tertiary/aromatic N) is 1. The number of carboxylic acid groups (broad SMARTS) is 1. The molecule has 89 heavy (non-hydrogen) atoms. The molecule has 9 heteroatoms. The summed E-state index contributed by atoms with van der Waals surface area (Å²) in [5.74, 6) is -2.07. The summed E-state index contributed by atoms with van der Waals surface area (Å²) in [6.45, 7) is 4.73. The van der Waals surface area contributed by atoms with E-state index in [0.717, 1.165) is 109 Å². The second-order valence-corrected chi connectivity index (χ2v) is 24.8. The number of carbonyl (C=O) groups excluding carboxylic acids is 2. The minimum atomic E-state index is -1.53. The van der Waals surface area contributed by atoms with Crippen molar-refractivity contribution in [2.24, 2.45) is 0 Å². The van der Waals surface area contributed by atoms with Crippen molar-refractivity contribution in [3.63, 3.8) is 0 Å². The van der Waals surface area contributed by atoms with Gasteiger partial charge in [-0.2, -0.15) is 0 Å². The van der Waals surface area contributed by atoms with Gasteiger partial charge >= 0.3 is 17.9 Å². The van der Waals surface area contributed by atoms with Gasteiger partial charge in [0.15, 0.2) is 6.10 Å². The first-order valence-electron chi connectivity index (χ1n) is 36.0. The summed E-state index contributed by atoms with van der Waals surface area (Å²) in [5, 5.41) is 9.74. The normalized spacial score (nSPS) is 13.6. The second kappa shape index (κ2) is 69.1. The molecule has 0 heterocycles. The Morgan fingerprint density at radius 3 is 0.955 bits per heavy atom. The topological polar surface area (TPSA) is 108 Å². The Hall–Kier alpha value is -4.83. The number of likely N-dealkylation sites (N-methyl/N-ethyl adjacent to an activating group) is 1. The van der Waals surface area contributed by atoms with E-state index >= 15 is 0 Å². The smallest absolute Gasteiger partial charge is 0.361 e. The third-order valence-corrected chi connectivity index (χ3v) is 15.1. The van der Waals surface area contributed by atoms with Gasteiger partial charge in [-0.1, -0.05) is 314 Å². The van der Waals surface area contributed by atoms with Gasteiger partial charge in [0.05, 0.1) is 34.4 Å². The first kappa shape index (κ1) is 84.2. The number of carboxylic acids is 1. The van der Waals surface area contributed by atoms with E-state index in [1.54, 1.807) is 0 Å². The van der Waals surface area contributed by atoms with Crippen LogP contribution in [0.2, 0.25) is 0 Å². The van der Waals surface area contributed by atoms with Crippen molar-refractivity contribution in [1.82, 2.24) is 0 Å². The van der Waals surface area contributed by atoms with Crippen LogP contribution in [0, 0.1) is 0 Å². The van der Waals surface area contributed by atoms with E-state index in [-0.39, 0.29) is 38.6 Å². The Morgan fingerprint density at radius 2 is 0.640 bits per heavy atom. The highest BCUT2D eigenvalue weighted by molar-refractivity contribution is 5.71. The second-order valence-electron chi connectivity index (χ2n) is 24.8. The average Bonchev–Trinajstić information content (AvgIpc) is 3.64. The van der Waals surface area contributed by atoms with Crippen LogP contribution in [0.4, 0.5) is 0 Å². The van der Waals surface area contributed by atoms with Crippen molar-refractivity contribution < 1.29 is 42.9 Å². The zero-order chi connectivity index (χ0) is 64.7. The number of hydrogen-bond donors (Lipinski definition) is 1. The number of unbranched alkanes of at least 4 members (excludes halogenated alkanes) is 26. The van der Waals surface area contributed by atoms with Crippen LogP contribution in [0.1, 0.15) is 284 Å². The SMILES string of the molecule is CC/C=C\C/C=C\C/C=C\C/C=C\C/C=C\C/C=C\C/C=C\C/C=C\C/C=C\C/C=C\C/C=C\C/C=C\CCCCC(=O)OC(COC(=O)CCCCCCCCCCCCCCCCCCCCCCCCCCC)COC(OCC[N+](C)(C)C)C(=O)O. The van der Waals surface area contributed by atoms with Crippen molar-refractivity contribution in [3.8, 4) is 0 Å². The van der Waals surface area contributed by atoms with Gasteiger partial charge in [-0.05, 0) is 103 Å². The predicted molar refractivity (Wildman–Crippen MR) is 382 cm³/mol. The van der Waals surface area contributed by atoms with Crippen LogP contribution >= 0.6 is 0 Å². The molecule has 0 aliphatic carbocycles. The molecule has 0 radical (unpaired) electrons. The lowest BCUT2D eigenvalue weighted by atomic mass is 10.0. The molecule has 0 aliphatic heterocycles. The summed E-state index contributed by atoms with van der Waals surface area (Å²) < 4.78 is 22.9. The molecule has 0 saturated carbocycles. The molecular weight excluding hydrogens is 1100 g/mol. The summed E-state index contributed by atoms with van der Waals surface area (Å²) in [4.78, 5) is 37.6. The Morgan fingerprint density at radius 1 is 0.348 bits per heavy atom. The molecule has 0 aliphatic rings. The highest BCUT2D eigenvalue weighted by atomic mass is 16.7. The van der Waals surface area contributed by atoms with Gasteiger partial charge in [0, 0.05) is 12.8 Å². The number of aliphatic carboxylic acids is 1. The Balaban J connectivity index is 4.24. The lowest BCUT2D eigenvalue weighted by Gasteiger charge is -2.25. The number of rotatable bonds is 65. The summed E-state index contributed by atoms with van der Waals surface area (Å²) in [5.41, 5.74) is 0. The Kier molecular flexibility index (Phi) is 65.3. The molecule has 0 aromatic carbocycles. The predicted octanol–water partition coefficient (Wildman–Crippen LogP) is 22.7. The van der Waals surface area contributed by atoms with Crippen LogP contribution in [0.5, 0.6) is 0 Å². The van der Waals surface area contributed by atoms with Gasteiger partial charge in [0.25, 0.3) is 6.29 Å². The minimum Gasteiger partial charge on any atom is -0.477 e. The monoisotopic (exact) mass is 1240 g/mol. The lowest BCUT2D eigenvalue weighted by Crippen LogP contribution is -2.40. The van der Waals surface area contributed by atoms with E-state index < -0.39 is 24.3 Å². The third kappa shape index (κ3) is 70.5. The Labute approximate surface area is 547 Å². The molecule has 0 aromatic heterocycles. The zero-order valence-electron chi connectivity index (χ0n) is 57.8. The summed E-state index contributed by atoms with van der Waals surface area (Å²) in [7, 11) is 5.96. The van der Waals surface area contributed by atoms with Gasteiger partial charge in [0.1, 0.15) is 13.2 Å². The number of quaternary nitrogens is 1. The molecular formula is C80H134NO8+. The van der Waals surface area contributed by atoms with Gasteiger partial charge < -0.3 is 28.5 Å². The number of esters is 2. The number of allylic oxidation sites excluding steroid dienone is 24.